The van der Waals surface area contributed by atoms with E-state index in [1.54, 1.807) is 0 Å². The number of rotatable bonds is 11. The van der Waals surface area contributed by atoms with Crippen LogP contribution in [0.2, 0.25) is 0 Å². The summed E-state index contributed by atoms with van der Waals surface area (Å²) in [4.78, 5) is 19.0. The molecule has 1 aliphatic rings. The van der Waals surface area contributed by atoms with Crippen LogP contribution < -0.4 is 4.74 Å². The fourth-order valence-electron chi connectivity index (χ4n) is 7.71. The summed E-state index contributed by atoms with van der Waals surface area (Å²) in [6.45, 7) is 3.46. The molecule has 0 spiro atoms. The summed E-state index contributed by atoms with van der Waals surface area (Å²) in [5, 5.41) is 1.10. The first-order valence-electron chi connectivity index (χ1n) is 18.4. The van der Waals surface area contributed by atoms with Gasteiger partial charge in [0.1, 0.15) is 17.3 Å². The van der Waals surface area contributed by atoms with Gasteiger partial charge in [-0.25, -0.2) is 4.39 Å². The highest BCUT2D eigenvalue weighted by Gasteiger charge is 2.31. The highest BCUT2D eigenvalue weighted by atomic mass is 19.1. The van der Waals surface area contributed by atoms with E-state index < -0.39 is 0 Å². The monoisotopic (exact) mass is 699 g/mol. The summed E-state index contributed by atoms with van der Waals surface area (Å²) in [5.41, 5.74) is 6.69. The summed E-state index contributed by atoms with van der Waals surface area (Å²) in [6, 6.07) is 54.3. The number of fused-ring (bicyclic) bond motifs is 1. The molecule has 0 aliphatic carbocycles. The zero-order valence-corrected chi connectivity index (χ0v) is 29.6. The number of piperazine rings is 1. The number of carbonyl (C=O) groups excluding carboxylic acids is 1. The van der Waals surface area contributed by atoms with Crippen molar-refractivity contribution >= 4 is 16.8 Å². The Balaban J connectivity index is 1.09. The molecule has 53 heavy (non-hydrogen) atoms. The number of para-hydroxylation sites is 2. The number of halogens is 1. The van der Waals surface area contributed by atoms with Crippen LogP contribution in [0.3, 0.4) is 0 Å². The first-order valence-corrected chi connectivity index (χ1v) is 18.4. The van der Waals surface area contributed by atoms with Crippen LogP contribution in [-0.4, -0.2) is 46.5 Å². The molecule has 1 atom stereocenters. The molecule has 1 aliphatic heterocycles. The van der Waals surface area contributed by atoms with E-state index in [-0.39, 0.29) is 23.7 Å². The van der Waals surface area contributed by atoms with Gasteiger partial charge < -0.3 is 14.2 Å². The predicted octanol–water partition coefficient (Wildman–Crippen LogP) is 10.1. The van der Waals surface area contributed by atoms with E-state index in [0.29, 0.717) is 26.1 Å². The lowest BCUT2D eigenvalue weighted by molar-refractivity contribution is -0.133. The summed E-state index contributed by atoms with van der Waals surface area (Å²) in [5.74, 6) is 1.15. The third-order valence-electron chi connectivity index (χ3n) is 10.3. The predicted molar refractivity (Wildman–Crippen MR) is 210 cm³/mol. The number of carbonyl (C=O) groups is 1. The van der Waals surface area contributed by atoms with E-state index in [0.717, 1.165) is 52.2 Å². The second-order valence-electron chi connectivity index (χ2n) is 13.7. The average Bonchev–Trinajstić information content (AvgIpc) is 3.57. The molecular formula is C47H42FN3O2. The molecule has 1 amide bonds. The molecule has 1 aromatic heterocycles. The molecular weight excluding hydrogens is 658 g/mol. The lowest BCUT2D eigenvalue weighted by Gasteiger charge is -2.40. The largest absolute Gasteiger partial charge is 0.457 e. The third-order valence-corrected chi connectivity index (χ3v) is 10.3. The molecule has 0 N–H and O–H groups in total. The number of benzene rings is 6. The summed E-state index contributed by atoms with van der Waals surface area (Å²) in [7, 11) is 0. The number of hydrogen-bond donors (Lipinski definition) is 0. The Labute approximate surface area is 310 Å². The van der Waals surface area contributed by atoms with Gasteiger partial charge in [0.25, 0.3) is 0 Å². The second-order valence-corrected chi connectivity index (χ2v) is 13.7. The fraction of sp³-hybridized carbons (Fsp3) is 0.170. The molecule has 0 unspecified atom stereocenters. The highest BCUT2D eigenvalue weighted by Crippen LogP contribution is 2.38. The van der Waals surface area contributed by atoms with Gasteiger partial charge in [-0.1, -0.05) is 121 Å². The van der Waals surface area contributed by atoms with Crippen molar-refractivity contribution in [2.45, 2.75) is 24.9 Å². The van der Waals surface area contributed by atoms with E-state index in [4.69, 9.17) is 4.74 Å². The van der Waals surface area contributed by atoms with Crippen molar-refractivity contribution in [1.29, 1.82) is 0 Å². The summed E-state index contributed by atoms with van der Waals surface area (Å²) >= 11 is 0. The number of ether oxygens (including phenoxy) is 1. The van der Waals surface area contributed by atoms with Crippen LogP contribution in [0.25, 0.3) is 10.9 Å². The van der Waals surface area contributed by atoms with Crippen molar-refractivity contribution in [2.75, 3.05) is 26.2 Å². The molecule has 1 saturated heterocycles. The number of hydrogen-bond acceptors (Lipinski definition) is 3. The standard InChI is InChI=1S/C47H42FN3O2/c48-39-25-23-35(24-26-39)33-51-34-44(42-21-10-11-22-45(42)51)43(38-17-12-20-41(31-38)53-40-18-8-3-9-19-40)32-46(52)49-27-29-50(30-28-49)47(36-13-4-1-5-14-36)37-15-6-2-7-16-37/h1-26,31,34,43,47H,27-30,32-33H2/t43-/m1/s1. The van der Waals surface area contributed by atoms with E-state index in [9.17, 15) is 9.18 Å². The fourth-order valence-corrected chi connectivity index (χ4v) is 7.71. The smallest absolute Gasteiger partial charge is 0.223 e. The highest BCUT2D eigenvalue weighted by molar-refractivity contribution is 5.87. The molecule has 1 fully saturated rings. The number of nitrogens with zero attached hydrogens (tertiary/aromatic N) is 3. The van der Waals surface area contributed by atoms with Crippen LogP contribution in [0.1, 0.15) is 46.2 Å². The maximum absolute atomic E-state index is 14.4. The third kappa shape index (κ3) is 7.79. The summed E-state index contributed by atoms with van der Waals surface area (Å²) in [6.07, 6.45) is 2.50. The topological polar surface area (TPSA) is 37.7 Å². The summed E-state index contributed by atoms with van der Waals surface area (Å²) < 4.78 is 22.3. The first-order chi connectivity index (χ1) is 26.1. The van der Waals surface area contributed by atoms with Gasteiger partial charge in [0.15, 0.2) is 0 Å². The molecule has 0 bridgehead atoms. The Morgan fingerprint density at radius 1 is 0.623 bits per heavy atom. The van der Waals surface area contributed by atoms with E-state index in [1.165, 1.54) is 23.3 Å². The van der Waals surface area contributed by atoms with Gasteiger partial charge >= 0.3 is 0 Å². The Hall–Kier alpha value is -5.98. The van der Waals surface area contributed by atoms with Crippen LogP contribution in [0.5, 0.6) is 11.5 Å². The second kappa shape index (κ2) is 15.7. The minimum absolute atomic E-state index is 0.127. The van der Waals surface area contributed by atoms with Gasteiger partial charge in [-0.15, -0.1) is 0 Å². The van der Waals surface area contributed by atoms with Crippen LogP contribution in [-0.2, 0) is 11.3 Å². The van der Waals surface area contributed by atoms with Gasteiger partial charge in [-0.05, 0) is 70.3 Å². The molecule has 6 heteroatoms. The normalized spacial score (nSPS) is 14.0. The molecule has 8 rings (SSSR count). The van der Waals surface area contributed by atoms with Gasteiger partial charge in [0.2, 0.25) is 5.91 Å². The first kappa shape index (κ1) is 34.1. The lowest BCUT2D eigenvalue weighted by atomic mass is 9.87. The van der Waals surface area contributed by atoms with E-state index in [1.807, 2.05) is 65.6 Å². The van der Waals surface area contributed by atoms with Gasteiger partial charge in [0.05, 0.1) is 6.04 Å². The number of aromatic nitrogens is 1. The maximum Gasteiger partial charge on any atom is 0.223 e. The van der Waals surface area contributed by atoms with E-state index >= 15 is 0 Å². The molecule has 6 aromatic carbocycles. The quantitative estimate of drug-likeness (QED) is 0.135. The van der Waals surface area contributed by atoms with Crippen LogP contribution in [0, 0.1) is 5.82 Å². The van der Waals surface area contributed by atoms with Crippen molar-refractivity contribution in [1.82, 2.24) is 14.4 Å². The maximum atomic E-state index is 14.4. The van der Waals surface area contributed by atoms with Crippen molar-refractivity contribution in [3.63, 3.8) is 0 Å². The van der Waals surface area contributed by atoms with Crippen LogP contribution in [0.4, 0.5) is 4.39 Å². The van der Waals surface area contributed by atoms with Crippen molar-refractivity contribution in [2.24, 2.45) is 0 Å². The number of amides is 1. The molecule has 0 radical (unpaired) electrons. The van der Waals surface area contributed by atoms with Gasteiger partial charge in [-0.3, -0.25) is 9.69 Å². The van der Waals surface area contributed by atoms with Crippen molar-refractivity contribution < 1.29 is 13.9 Å². The molecule has 5 nitrogen and oxygen atoms in total. The Morgan fingerprint density at radius 3 is 1.89 bits per heavy atom. The molecule has 7 aromatic rings. The van der Waals surface area contributed by atoms with Crippen LogP contribution in [0.15, 0.2) is 170 Å². The van der Waals surface area contributed by atoms with Crippen molar-refractivity contribution in [3.05, 3.63) is 204 Å². The zero-order valence-electron chi connectivity index (χ0n) is 29.6. The van der Waals surface area contributed by atoms with Gasteiger partial charge in [-0.2, -0.15) is 0 Å². The Kier molecular flexibility index (Phi) is 10.1. The Bertz CT molecular complexity index is 2230. The molecule has 0 saturated carbocycles. The average molecular weight is 700 g/mol. The minimum Gasteiger partial charge on any atom is -0.457 e. The van der Waals surface area contributed by atoms with Crippen LogP contribution >= 0.6 is 0 Å². The molecule has 2 heterocycles. The minimum atomic E-state index is -0.250. The Morgan fingerprint density at radius 2 is 1.21 bits per heavy atom. The molecule has 264 valence electrons. The van der Waals surface area contributed by atoms with E-state index in [2.05, 4.69) is 107 Å². The SMILES string of the molecule is O=C(C[C@H](c1cccc(Oc2ccccc2)c1)c1cn(Cc2ccc(F)cc2)c2ccccc12)N1CCN(C(c2ccccc2)c2ccccc2)CC1. The zero-order chi connectivity index (χ0) is 36.0. The van der Waals surface area contributed by atoms with Gasteiger partial charge in [0, 0.05) is 62.2 Å². The lowest BCUT2D eigenvalue weighted by Crippen LogP contribution is -2.50. The van der Waals surface area contributed by atoms with Crippen molar-refractivity contribution in [3.8, 4) is 11.5 Å².